The fourth-order valence-corrected chi connectivity index (χ4v) is 6.51. The third-order valence-electron chi connectivity index (χ3n) is 4.95. The minimum absolute atomic E-state index is 0.436. The predicted octanol–water partition coefficient (Wildman–Crippen LogP) is 4.88. The lowest BCUT2D eigenvalue weighted by atomic mass is 10.2. The number of hydrogen-bond donors (Lipinski definition) is 1. The summed E-state index contributed by atoms with van der Waals surface area (Å²) in [7, 11) is -3.07. The van der Waals surface area contributed by atoms with E-state index in [1.807, 2.05) is 97.1 Å². The van der Waals surface area contributed by atoms with E-state index in [1.165, 1.54) is 0 Å². The van der Waals surface area contributed by atoms with E-state index in [0.717, 1.165) is 21.9 Å². The Morgan fingerprint density at radius 1 is 0.690 bits per heavy atom. The number of aromatic nitrogens is 1. The van der Waals surface area contributed by atoms with Gasteiger partial charge in [0.25, 0.3) is 0 Å². The Morgan fingerprint density at radius 2 is 1.21 bits per heavy atom. The smallest absolute Gasteiger partial charge is 0.165 e. The van der Waals surface area contributed by atoms with Crippen molar-refractivity contribution in [1.82, 2.24) is 10.3 Å². The van der Waals surface area contributed by atoms with Crippen molar-refractivity contribution in [3.8, 4) is 0 Å². The van der Waals surface area contributed by atoms with Gasteiger partial charge < -0.3 is 4.57 Å². The Bertz CT molecular complexity index is 1030. The van der Waals surface area contributed by atoms with Crippen LogP contribution in [0.25, 0.3) is 0 Å². The quantitative estimate of drug-likeness (QED) is 0.451. The van der Waals surface area contributed by atoms with Crippen LogP contribution in [0.3, 0.4) is 0 Å². The maximum Gasteiger partial charge on any atom is 0.165 e. The van der Waals surface area contributed by atoms with Gasteiger partial charge >= 0.3 is 0 Å². The summed E-state index contributed by atoms with van der Waals surface area (Å²) in [6.07, 6.45) is 1.76. The molecule has 3 nitrogen and oxygen atoms in total. The molecule has 0 radical (unpaired) electrons. The molecule has 0 saturated carbocycles. The normalized spacial score (nSPS) is 12.4. The standard InChI is InChI=1S/C25H23N2OP/c28-29(22-14-6-2-7-15-22,23-16-8-3-9-17-23)25(24-18-10-11-19-26-24)27-20-21-12-4-1-5-13-21/h1-19,25,27H,20H2/t25-/m0/s1. The number of hydrogen-bond acceptors (Lipinski definition) is 3. The molecule has 144 valence electrons. The highest BCUT2D eigenvalue weighted by Crippen LogP contribution is 2.55. The summed E-state index contributed by atoms with van der Waals surface area (Å²) < 4.78 is 14.8. The minimum atomic E-state index is -3.07. The molecule has 0 aliphatic carbocycles. The maximum atomic E-state index is 14.8. The molecular formula is C25H23N2OP. The first kappa shape index (κ1) is 19.3. The van der Waals surface area contributed by atoms with Crippen molar-refractivity contribution < 1.29 is 4.57 Å². The van der Waals surface area contributed by atoms with Crippen LogP contribution in [0, 0.1) is 0 Å². The first-order valence-corrected chi connectivity index (χ1v) is 11.5. The molecule has 1 aromatic heterocycles. The Hall–Kier alpha value is -3.00. The van der Waals surface area contributed by atoms with E-state index in [4.69, 9.17) is 0 Å². The van der Waals surface area contributed by atoms with Gasteiger partial charge in [-0.1, -0.05) is 97.1 Å². The van der Waals surface area contributed by atoms with Crippen molar-refractivity contribution >= 4 is 17.8 Å². The van der Waals surface area contributed by atoms with Crippen LogP contribution in [-0.4, -0.2) is 4.98 Å². The second-order valence-corrected chi connectivity index (χ2v) is 9.72. The Labute approximate surface area is 171 Å². The monoisotopic (exact) mass is 398 g/mol. The van der Waals surface area contributed by atoms with E-state index in [2.05, 4.69) is 22.4 Å². The van der Waals surface area contributed by atoms with Crippen molar-refractivity contribution in [2.45, 2.75) is 12.3 Å². The first-order valence-electron chi connectivity index (χ1n) is 9.67. The van der Waals surface area contributed by atoms with E-state index in [0.29, 0.717) is 6.54 Å². The van der Waals surface area contributed by atoms with Crippen molar-refractivity contribution in [2.75, 3.05) is 0 Å². The predicted molar refractivity (Wildman–Crippen MR) is 120 cm³/mol. The van der Waals surface area contributed by atoms with Crippen LogP contribution in [-0.2, 0) is 11.1 Å². The number of rotatable bonds is 7. The molecule has 0 aliphatic rings. The maximum absolute atomic E-state index is 14.8. The van der Waals surface area contributed by atoms with Crippen molar-refractivity contribution in [1.29, 1.82) is 0 Å². The van der Waals surface area contributed by atoms with Gasteiger partial charge in [0.1, 0.15) is 5.78 Å². The van der Waals surface area contributed by atoms with E-state index in [-0.39, 0.29) is 0 Å². The van der Waals surface area contributed by atoms with Gasteiger partial charge in [0.15, 0.2) is 7.14 Å². The zero-order chi connectivity index (χ0) is 19.9. The third-order valence-corrected chi connectivity index (χ3v) is 8.26. The Kier molecular flexibility index (Phi) is 6.00. The average Bonchev–Trinajstić information content (AvgIpc) is 2.81. The van der Waals surface area contributed by atoms with Crippen LogP contribution in [0.2, 0.25) is 0 Å². The molecule has 0 saturated heterocycles. The van der Waals surface area contributed by atoms with Gasteiger partial charge in [-0.25, -0.2) is 0 Å². The summed E-state index contributed by atoms with van der Waals surface area (Å²) in [6, 6.07) is 35.4. The van der Waals surface area contributed by atoms with Crippen molar-refractivity contribution in [3.63, 3.8) is 0 Å². The van der Waals surface area contributed by atoms with Crippen LogP contribution < -0.4 is 15.9 Å². The molecule has 0 bridgehead atoms. The average molecular weight is 398 g/mol. The van der Waals surface area contributed by atoms with Crippen molar-refractivity contribution in [2.24, 2.45) is 0 Å². The first-order chi connectivity index (χ1) is 14.3. The van der Waals surface area contributed by atoms with Crippen LogP contribution >= 0.6 is 7.14 Å². The molecule has 4 rings (SSSR count). The fourth-order valence-electron chi connectivity index (χ4n) is 3.51. The zero-order valence-electron chi connectivity index (χ0n) is 16.1. The minimum Gasteiger partial charge on any atom is -0.312 e. The number of benzene rings is 3. The molecule has 1 atom stereocenters. The third kappa shape index (κ3) is 4.22. The number of nitrogens with one attached hydrogen (secondary N) is 1. The Balaban J connectivity index is 1.83. The number of pyridine rings is 1. The molecule has 3 aromatic carbocycles. The second-order valence-electron chi connectivity index (χ2n) is 6.85. The van der Waals surface area contributed by atoms with E-state index in [1.54, 1.807) is 6.20 Å². The highest BCUT2D eigenvalue weighted by molar-refractivity contribution is 7.79. The zero-order valence-corrected chi connectivity index (χ0v) is 17.0. The molecular weight excluding hydrogens is 375 g/mol. The van der Waals surface area contributed by atoms with E-state index >= 15 is 0 Å². The lowest BCUT2D eigenvalue weighted by molar-refractivity contribution is 0.556. The molecule has 0 fully saturated rings. The summed E-state index contributed by atoms with van der Waals surface area (Å²) in [5, 5.41) is 5.21. The van der Waals surface area contributed by atoms with Gasteiger partial charge in [-0.15, -0.1) is 0 Å². The van der Waals surface area contributed by atoms with Crippen LogP contribution in [0.5, 0.6) is 0 Å². The highest BCUT2D eigenvalue weighted by Gasteiger charge is 2.38. The molecule has 0 unspecified atom stereocenters. The molecule has 1 heterocycles. The molecule has 0 amide bonds. The molecule has 4 aromatic rings. The largest absolute Gasteiger partial charge is 0.312 e. The number of nitrogens with zero attached hydrogens (tertiary/aromatic N) is 1. The van der Waals surface area contributed by atoms with Crippen LogP contribution in [0.1, 0.15) is 17.0 Å². The SMILES string of the molecule is O=P(c1ccccc1)(c1ccccc1)[C@H](NCc1ccccc1)c1ccccn1. The molecule has 4 heteroatoms. The van der Waals surface area contributed by atoms with Gasteiger partial charge in [0, 0.05) is 23.4 Å². The van der Waals surface area contributed by atoms with Gasteiger partial charge in [0.05, 0.1) is 5.69 Å². The van der Waals surface area contributed by atoms with Gasteiger partial charge in [0.2, 0.25) is 0 Å². The van der Waals surface area contributed by atoms with Crippen LogP contribution in [0.15, 0.2) is 115 Å². The van der Waals surface area contributed by atoms with Crippen LogP contribution in [0.4, 0.5) is 0 Å². The fraction of sp³-hybridized carbons (Fsp3) is 0.0800. The van der Waals surface area contributed by atoms with Crippen molar-refractivity contribution in [3.05, 3.63) is 127 Å². The summed E-state index contributed by atoms with van der Waals surface area (Å²) in [5.74, 6) is -0.436. The van der Waals surface area contributed by atoms with Gasteiger partial charge in [-0.05, 0) is 17.7 Å². The Morgan fingerprint density at radius 3 is 1.72 bits per heavy atom. The topological polar surface area (TPSA) is 42.0 Å². The second kappa shape index (κ2) is 9.00. The summed E-state index contributed by atoms with van der Waals surface area (Å²) in [6.45, 7) is 0.603. The van der Waals surface area contributed by atoms with Gasteiger partial charge in [-0.3, -0.25) is 10.3 Å². The highest BCUT2D eigenvalue weighted by atomic mass is 31.2. The summed E-state index contributed by atoms with van der Waals surface area (Å²) >= 11 is 0. The van der Waals surface area contributed by atoms with E-state index in [9.17, 15) is 4.57 Å². The molecule has 0 spiro atoms. The lowest BCUT2D eigenvalue weighted by Crippen LogP contribution is -2.30. The molecule has 29 heavy (non-hydrogen) atoms. The van der Waals surface area contributed by atoms with Gasteiger partial charge in [-0.2, -0.15) is 0 Å². The lowest BCUT2D eigenvalue weighted by Gasteiger charge is -2.29. The molecule has 0 aliphatic heterocycles. The summed E-state index contributed by atoms with van der Waals surface area (Å²) in [4.78, 5) is 4.57. The molecule has 1 N–H and O–H groups in total. The summed E-state index contributed by atoms with van der Waals surface area (Å²) in [5.41, 5.74) is 1.92. The van der Waals surface area contributed by atoms with E-state index < -0.39 is 12.9 Å².